The molecule has 19 N–H and O–H groups in total. The molecule has 510 valence electrons. The lowest BCUT2D eigenvalue weighted by molar-refractivity contribution is -0.142. The Balaban J connectivity index is 1.05. The number of amides is 11. The first kappa shape index (κ1) is 71.0. The number of para-hydroxylation sites is 2. The number of phenolic OH excluding ortho intramolecular Hbond substituents is 1. The fourth-order valence-corrected chi connectivity index (χ4v) is 11.8. The average Bonchev–Trinajstić information content (AvgIpc) is 1.66. The minimum absolute atomic E-state index is 0.00716. The number of aromatic amines is 2. The zero-order chi connectivity index (χ0) is 69.0. The molecule has 0 spiro atoms. The van der Waals surface area contributed by atoms with Crippen LogP contribution in [-0.4, -0.2) is 177 Å². The Bertz CT molecular complexity index is 3800. The molecule has 4 aromatic carbocycles. The van der Waals surface area contributed by atoms with E-state index in [1.807, 2.05) is 12.1 Å². The van der Waals surface area contributed by atoms with Gasteiger partial charge in [0.25, 0.3) is 0 Å². The summed E-state index contributed by atoms with van der Waals surface area (Å²) in [6.07, 6.45) is 3.86. The van der Waals surface area contributed by atoms with Crippen molar-refractivity contribution in [1.82, 2.24) is 62.7 Å². The van der Waals surface area contributed by atoms with Crippen LogP contribution < -0.4 is 65.1 Å². The van der Waals surface area contributed by atoms with Gasteiger partial charge in [-0.1, -0.05) is 92.7 Å². The number of hydrogen-bond acceptors (Lipinski definition) is 14. The van der Waals surface area contributed by atoms with Gasteiger partial charge in [-0.15, -0.1) is 0 Å². The van der Waals surface area contributed by atoms with Crippen LogP contribution in [0.1, 0.15) is 81.0 Å². The first-order valence-electron chi connectivity index (χ1n) is 31.9. The van der Waals surface area contributed by atoms with Gasteiger partial charge in [-0.3, -0.25) is 57.7 Å². The summed E-state index contributed by atoms with van der Waals surface area (Å²) >= 11 is 0. The van der Waals surface area contributed by atoms with Gasteiger partial charge in [0.05, 0.1) is 13.2 Å². The molecule has 2 aliphatic rings. The minimum Gasteiger partial charge on any atom is -0.508 e. The van der Waals surface area contributed by atoms with Crippen molar-refractivity contribution in [2.75, 3.05) is 26.2 Å². The van der Waals surface area contributed by atoms with Crippen LogP contribution in [0.4, 0.5) is 0 Å². The lowest BCUT2D eigenvalue weighted by Gasteiger charge is -2.30. The predicted octanol–water partition coefficient (Wildman–Crippen LogP) is -1.02. The van der Waals surface area contributed by atoms with Crippen LogP contribution in [0.5, 0.6) is 5.75 Å². The Morgan fingerprint density at radius 1 is 0.583 bits per heavy atom. The van der Waals surface area contributed by atoms with Crippen LogP contribution >= 0.6 is 0 Å². The number of nitrogens with one attached hydrogen (secondary N) is 11. The number of aliphatic hydroxyl groups is 1. The Morgan fingerprint density at radius 2 is 1.07 bits per heavy atom. The lowest BCUT2D eigenvalue weighted by Crippen LogP contribution is -2.61. The Morgan fingerprint density at radius 3 is 1.60 bits per heavy atom. The maximum Gasteiger partial charge on any atom is 0.245 e. The molecule has 0 saturated carbocycles. The van der Waals surface area contributed by atoms with E-state index in [9.17, 15) is 53.4 Å². The molecule has 29 nitrogen and oxygen atoms in total. The number of aromatic nitrogens is 2. The second-order valence-electron chi connectivity index (χ2n) is 24.4. The van der Waals surface area contributed by atoms with Crippen molar-refractivity contribution in [3.63, 3.8) is 0 Å². The third kappa shape index (κ3) is 19.9. The van der Waals surface area contributed by atoms with Crippen molar-refractivity contribution >= 4 is 92.7 Å². The van der Waals surface area contributed by atoms with Crippen LogP contribution in [0.15, 0.2) is 121 Å². The van der Waals surface area contributed by atoms with Crippen LogP contribution in [-0.2, 0) is 78.4 Å². The number of nitrogens with zero attached hydrogens (tertiary/aromatic N) is 2. The van der Waals surface area contributed by atoms with Gasteiger partial charge < -0.3 is 90.1 Å². The number of aliphatic imine (C=N–C) groups is 1. The fraction of sp³-hybridized carbons (Fsp3) is 0.403. The highest BCUT2D eigenvalue weighted by molar-refractivity contribution is 6.00. The number of hydrogen-bond donors (Lipinski definition) is 16. The number of guanidine groups is 1. The molecule has 11 amide bonds. The molecule has 0 radical (unpaired) electrons. The topological polar surface area (TPSA) is 462 Å². The molecule has 0 bridgehead atoms. The number of benzene rings is 4. The predicted molar refractivity (Wildman–Crippen MR) is 354 cm³/mol. The molecule has 9 atom stereocenters. The van der Waals surface area contributed by atoms with Gasteiger partial charge in [-0.2, -0.15) is 0 Å². The first-order valence-corrected chi connectivity index (χ1v) is 31.9. The summed E-state index contributed by atoms with van der Waals surface area (Å²) in [5, 5.41) is 46.7. The Kier molecular flexibility index (Phi) is 25.0. The normalized spacial score (nSPS) is 16.5. The third-order valence-electron chi connectivity index (χ3n) is 16.7. The summed E-state index contributed by atoms with van der Waals surface area (Å²) in [4.78, 5) is 166. The second-order valence-corrected chi connectivity index (χ2v) is 24.4. The highest BCUT2D eigenvalue weighted by Crippen LogP contribution is 2.24. The van der Waals surface area contributed by atoms with Crippen molar-refractivity contribution in [3.05, 3.63) is 138 Å². The molecule has 2 saturated heterocycles. The molecular formula is C67H84N16O13. The van der Waals surface area contributed by atoms with E-state index in [0.717, 1.165) is 0 Å². The molecule has 0 aliphatic carbocycles. The zero-order valence-corrected chi connectivity index (χ0v) is 53.4. The molecule has 96 heavy (non-hydrogen) atoms. The van der Waals surface area contributed by atoms with Gasteiger partial charge in [-0.05, 0) is 91.0 Å². The molecule has 2 aromatic heterocycles. The van der Waals surface area contributed by atoms with E-state index in [1.165, 1.54) is 29.2 Å². The maximum atomic E-state index is 15.1. The van der Waals surface area contributed by atoms with Gasteiger partial charge in [0, 0.05) is 79.4 Å². The minimum atomic E-state index is -1.79. The van der Waals surface area contributed by atoms with E-state index in [-0.39, 0.29) is 101 Å². The van der Waals surface area contributed by atoms with E-state index in [1.54, 1.807) is 93.0 Å². The molecular weight excluding hydrogens is 1240 g/mol. The Hall–Kier alpha value is -10.8. The van der Waals surface area contributed by atoms with Gasteiger partial charge in [0.1, 0.15) is 60.1 Å². The van der Waals surface area contributed by atoms with Crippen LogP contribution in [0.2, 0.25) is 0 Å². The third-order valence-corrected chi connectivity index (χ3v) is 16.7. The highest BCUT2D eigenvalue weighted by Gasteiger charge is 2.40. The largest absolute Gasteiger partial charge is 0.508 e. The summed E-state index contributed by atoms with van der Waals surface area (Å²) in [5.41, 5.74) is 20.0. The summed E-state index contributed by atoms with van der Waals surface area (Å²) in [7, 11) is 0. The van der Waals surface area contributed by atoms with Crippen molar-refractivity contribution in [1.29, 1.82) is 0 Å². The number of nitrogens with two attached hydrogens (primary N) is 3. The number of fused-ring (bicyclic) bond motifs is 2. The quantitative estimate of drug-likeness (QED) is 0.0133. The number of aliphatic hydroxyl groups excluding tert-OH is 1. The average molecular weight is 1320 g/mol. The summed E-state index contributed by atoms with van der Waals surface area (Å²) in [6, 6.07) is 16.8. The number of rotatable bonds is 33. The monoisotopic (exact) mass is 1320 g/mol. The highest BCUT2D eigenvalue weighted by atomic mass is 16.3. The molecule has 2 aliphatic heterocycles. The number of carbonyl (C=O) groups is 11. The molecule has 8 rings (SSSR count). The number of carbonyl (C=O) groups excluding carboxylic acids is 11. The maximum absolute atomic E-state index is 15.1. The van der Waals surface area contributed by atoms with Crippen molar-refractivity contribution < 1.29 is 63.0 Å². The zero-order valence-electron chi connectivity index (χ0n) is 53.4. The number of primary amides is 1. The summed E-state index contributed by atoms with van der Waals surface area (Å²) in [5.74, 6) is -8.91. The molecule has 2 fully saturated rings. The Labute approximate surface area is 553 Å². The number of phenols is 1. The summed E-state index contributed by atoms with van der Waals surface area (Å²) < 4.78 is 0. The molecule has 4 heterocycles. The lowest BCUT2D eigenvalue weighted by atomic mass is 9.99. The SMILES string of the molecule is CC(C)CC(NC(=O)C(Cc1c[nH]c2ccccc12)NC(=O)C(Cc1ccc(O)cc1)NC(=O)C(CO)NC(=O)C(Cc1c[nH]c2ccccc12)NC(=O)C(Cc1ccccc1)NC(=O)[C@H]1CCC(=O)N1)C(=O)NC(CCCN=C(N)N)C(=O)N1CCC[C@H]1C(=O)NCC(N)=O. The molecule has 29 heteroatoms. The second kappa shape index (κ2) is 33.8. The van der Waals surface area contributed by atoms with Gasteiger partial charge in [0.15, 0.2) is 5.96 Å². The summed E-state index contributed by atoms with van der Waals surface area (Å²) in [6.45, 7) is 2.34. The van der Waals surface area contributed by atoms with E-state index in [0.29, 0.717) is 50.5 Å². The molecule has 6 aromatic rings. The van der Waals surface area contributed by atoms with Crippen molar-refractivity contribution in [3.8, 4) is 5.75 Å². The van der Waals surface area contributed by atoms with Gasteiger partial charge >= 0.3 is 0 Å². The number of likely N-dealkylation sites (tertiary alicyclic amines) is 1. The first-order chi connectivity index (χ1) is 46.0. The van der Waals surface area contributed by atoms with Crippen LogP contribution in [0, 0.1) is 5.92 Å². The smallest absolute Gasteiger partial charge is 0.245 e. The van der Waals surface area contributed by atoms with Crippen LogP contribution in [0.3, 0.4) is 0 Å². The van der Waals surface area contributed by atoms with Crippen molar-refractivity contribution in [2.45, 2.75) is 139 Å². The van der Waals surface area contributed by atoms with Gasteiger partial charge in [0.2, 0.25) is 65.0 Å². The van der Waals surface area contributed by atoms with Gasteiger partial charge in [-0.25, -0.2) is 0 Å². The number of aromatic hydroxyl groups is 1. The van der Waals surface area contributed by atoms with E-state index >= 15 is 9.59 Å². The standard InChI is InChI=1S/C67H84N16O13/c1-37(2)28-49(59(89)76-48(18-10-26-71-67(69)70)66(96)83-27-11-19-55(83)65(95)74-35-56(68)86)77-62(92)52(31-40-33-72-45-16-8-6-14-43(40)45)80-61(91)51(30-39-20-22-42(85)23-21-39)79-64(94)54(36-84)82-63(93)53(32-41-34-73-46-17-9-7-15-44(41)46)81-60(90)50(29-38-12-4-3-5-13-38)78-58(88)47-24-25-57(87)75-47/h3-9,12-17,20-23,33-34,37,47-55,72-73,84-85H,10-11,18-19,24-32,35-36H2,1-2H3,(H2,68,86)(H,74,95)(H,75,87)(H,76,89)(H,77,92)(H,78,88)(H,79,94)(H,80,91)(H,81,90)(H,82,93)(H4,69,70,71)/t47-,48?,49?,50?,51?,52?,53?,54?,55+/m1/s1. The van der Waals surface area contributed by atoms with E-state index < -0.39 is 127 Å². The van der Waals surface area contributed by atoms with Crippen LogP contribution in [0.25, 0.3) is 21.8 Å². The van der Waals surface area contributed by atoms with E-state index in [4.69, 9.17) is 17.2 Å². The number of H-pyrrole nitrogens is 2. The molecule has 7 unspecified atom stereocenters. The van der Waals surface area contributed by atoms with E-state index in [2.05, 4.69) is 62.8 Å². The van der Waals surface area contributed by atoms with Crippen molar-refractivity contribution in [2.24, 2.45) is 28.1 Å². The fourth-order valence-electron chi connectivity index (χ4n) is 11.8.